The third-order valence-electron chi connectivity index (χ3n) is 3.09. The maximum atomic E-state index is 13.9. The SMILES string of the molecule is COc1cccc(-c2n[nH]c(=O)n2-c2ccccc2F)c1. The molecule has 0 radical (unpaired) electrons. The van der Waals surface area contributed by atoms with Gasteiger partial charge in [0.05, 0.1) is 12.8 Å². The molecule has 0 atom stereocenters. The Hall–Kier alpha value is -2.89. The lowest BCUT2D eigenvalue weighted by Crippen LogP contribution is -2.16. The fourth-order valence-corrected chi connectivity index (χ4v) is 2.11. The van der Waals surface area contributed by atoms with E-state index in [1.54, 1.807) is 43.5 Å². The van der Waals surface area contributed by atoms with Gasteiger partial charge in [-0.15, -0.1) is 0 Å². The number of ether oxygens (including phenoxy) is 1. The first-order valence-electron chi connectivity index (χ1n) is 6.27. The molecular weight excluding hydrogens is 273 g/mol. The first-order chi connectivity index (χ1) is 10.2. The summed E-state index contributed by atoms with van der Waals surface area (Å²) >= 11 is 0. The van der Waals surface area contributed by atoms with Crippen LogP contribution in [0.5, 0.6) is 5.75 Å². The second kappa shape index (κ2) is 5.24. The zero-order valence-corrected chi connectivity index (χ0v) is 11.2. The number of nitrogens with zero attached hydrogens (tertiary/aromatic N) is 2. The van der Waals surface area contributed by atoms with Gasteiger partial charge in [-0.1, -0.05) is 24.3 Å². The molecule has 3 aromatic rings. The molecule has 0 bridgehead atoms. The highest BCUT2D eigenvalue weighted by Crippen LogP contribution is 2.23. The summed E-state index contributed by atoms with van der Waals surface area (Å²) in [4.78, 5) is 12.0. The Bertz CT molecular complexity index is 839. The van der Waals surface area contributed by atoms with Crippen molar-refractivity contribution in [2.24, 2.45) is 0 Å². The molecule has 1 heterocycles. The Balaban J connectivity index is 2.22. The van der Waals surface area contributed by atoms with E-state index in [-0.39, 0.29) is 5.69 Å². The third-order valence-corrected chi connectivity index (χ3v) is 3.09. The lowest BCUT2D eigenvalue weighted by molar-refractivity contribution is 0.415. The highest BCUT2D eigenvalue weighted by atomic mass is 19.1. The number of nitrogens with one attached hydrogen (secondary N) is 1. The standard InChI is InChI=1S/C15H12FN3O2/c1-21-11-6-4-5-10(9-11)14-17-18-15(20)19(14)13-8-3-2-7-12(13)16/h2-9H,1H3,(H,18,20). The van der Waals surface area contributed by atoms with Crippen molar-refractivity contribution in [2.75, 3.05) is 7.11 Å². The molecule has 3 rings (SSSR count). The number of hydrogen-bond donors (Lipinski definition) is 1. The topological polar surface area (TPSA) is 59.9 Å². The van der Waals surface area contributed by atoms with Gasteiger partial charge in [-0.25, -0.2) is 18.9 Å². The van der Waals surface area contributed by atoms with Crippen molar-refractivity contribution < 1.29 is 9.13 Å². The third kappa shape index (κ3) is 2.31. The van der Waals surface area contributed by atoms with Crippen LogP contribution in [0.2, 0.25) is 0 Å². The maximum absolute atomic E-state index is 13.9. The summed E-state index contributed by atoms with van der Waals surface area (Å²) in [6.07, 6.45) is 0. The van der Waals surface area contributed by atoms with Crippen LogP contribution in [0, 0.1) is 5.82 Å². The molecule has 0 saturated carbocycles. The summed E-state index contributed by atoms with van der Waals surface area (Å²) in [5, 5.41) is 6.33. The van der Waals surface area contributed by atoms with Gasteiger partial charge in [-0.3, -0.25) is 0 Å². The average Bonchev–Trinajstić information content (AvgIpc) is 2.89. The fraction of sp³-hybridized carbons (Fsp3) is 0.0667. The van der Waals surface area contributed by atoms with Crippen molar-refractivity contribution >= 4 is 0 Å². The van der Waals surface area contributed by atoms with Gasteiger partial charge >= 0.3 is 5.69 Å². The van der Waals surface area contributed by atoms with Crippen molar-refractivity contribution in [3.8, 4) is 22.8 Å². The molecule has 1 aromatic heterocycles. The van der Waals surface area contributed by atoms with Crippen LogP contribution in [0.1, 0.15) is 0 Å². The number of hydrogen-bond acceptors (Lipinski definition) is 3. The van der Waals surface area contributed by atoms with E-state index < -0.39 is 11.5 Å². The molecule has 0 saturated heterocycles. The van der Waals surface area contributed by atoms with Crippen molar-refractivity contribution in [3.05, 3.63) is 64.8 Å². The Morgan fingerprint density at radius 3 is 2.76 bits per heavy atom. The van der Waals surface area contributed by atoms with E-state index >= 15 is 0 Å². The molecule has 0 fully saturated rings. The zero-order valence-electron chi connectivity index (χ0n) is 11.2. The van der Waals surface area contributed by atoms with Gasteiger partial charge < -0.3 is 4.74 Å². The Labute approximate surface area is 119 Å². The predicted octanol–water partition coefficient (Wildman–Crippen LogP) is 2.38. The maximum Gasteiger partial charge on any atom is 0.348 e. The lowest BCUT2D eigenvalue weighted by Gasteiger charge is -2.07. The Kier molecular flexibility index (Phi) is 3.27. The van der Waals surface area contributed by atoms with Crippen LogP contribution in [0.15, 0.2) is 53.3 Å². The minimum atomic E-state index is -0.502. The van der Waals surface area contributed by atoms with Gasteiger partial charge in [-0.2, -0.15) is 5.10 Å². The Morgan fingerprint density at radius 1 is 1.19 bits per heavy atom. The van der Waals surface area contributed by atoms with Crippen LogP contribution in [0.3, 0.4) is 0 Å². The van der Waals surface area contributed by atoms with Crippen molar-refractivity contribution in [3.63, 3.8) is 0 Å². The largest absolute Gasteiger partial charge is 0.497 e. The first-order valence-corrected chi connectivity index (χ1v) is 6.27. The predicted molar refractivity (Wildman–Crippen MR) is 76.1 cm³/mol. The van der Waals surface area contributed by atoms with Gasteiger partial charge in [-0.05, 0) is 24.3 Å². The second-order valence-corrected chi connectivity index (χ2v) is 4.37. The number of rotatable bonds is 3. The van der Waals surface area contributed by atoms with E-state index in [0.29, 0.717) is 17.1 Å². The highest BCUT2D eigenvalue weighted by Gasteiger charge is 2.15. The highest BCUT2D eigenvalue weighted by molar-refractivity contribution is 5.60. The van der Waals surface area contributed by atoms with E-state index in [2.05, 4.69) is 10.2 Å². The normalized spacial score (nSPS) is 10.6. The first kappa shape index (κ1) is 13.1. The number of benzene rings is 2. The van der Waals surface area contributed by atoms with Crippen LogP contribution in [0.4, 0.5) is 4.39 Å². The molecule has 1 N–H and O–H groups in total. The molecule has 6 heteroatoms. The number of aromatic nitrogens is 3. The number of methoxy groups -OCH3 is 1. The fourth-order valence-electron chi connectivity index (χ4n) is 2.11. The minimum Gasteiger partial charge on any atom is -0.497 e. The molecule has 5 nitrogen and oxygen atoms in total. The zero-order chi connectivity index (χ0) is 14.8. The van der Waals surface area contributed by atoms with Gasteiger partial charge in [0.1, 0.15) is 11.6 Å². The molecule has 0 unspecified atom stereocenters. The summed E-state index contributed by atoms with van der Waals surface area (Å²) in [7, 11) is 1.55. The molecule has 0 aliphatic carbocycles. The number of H-pyrrole nitrogens is 1. The molecule has 106 valence electrons. The summed E-state index contributed by atoms with van der Waals surface area (Å²) in [6.45, 7) is 0. The Morgan fingerprint density at radius 2 is 2.00 bits per heavy atom. The molecule has 2 aromatic carbocycles. The van der Waals surface area contributed by atoms with Crippen LogP contribution < -0.4 is 10.4 Å². The van der Waals surface area contributed by atoms with Crippen molar-refractivity contribution in [1.29, 1.82) is 0 Å². The molecular formula is C15H12FN3O2. The summed E-state index contributed by atoms with van der Waals surface area (Å²) in [5.74, 6) is 0.456. The number of aromatic amines is 1. The second-order valence-electron chi connectivity index (χ2n) is 4.37. The van der Waals surface area contributed by atoms with E-state index in [4.69, 9.17) is 4.74 Å². The van der Waals surface area contributed by atoms with E-state index in [1.165, 1.54) is 16.7 Å². The minimum absolute atomic E-state index is 0.147. The molecule has 0 aliphatic rings. The van der Waals surface area contributed by atoms with E-state index in [1.807, 2.05) is 0 Å². The van der Waals surface area contributed by atoms with Crippen molar-refractivity contribution in [2.45, 2.75) is 0 Å². The van der Waals surface area contributed by atoms with Gasteiger partial charge in [0, 0.05) is 5.56 Å². The smallest absolute Gasteiger partial charge is 0.348 e. The molecule has 0 amide bonds. The van der Waals surface area contributed by atoms with Crippen LogP contribution >= 0.6 is 0 Å². The monoisotopic (exact) mass is 285 g/mol. The molecule has 0 aliphatic heterocycles. The van der Waals surface area contributed by atoms with E-state index in [0.717, 1.165) is 0 Å². The number of para-hydroxylation sites is 1. The summed E-state index contributed by atoms with van der Waals surface area (Å²) in [5.41, 5.74) is 0.294. The average molecular weight is 285 g/mol. The van der Waals surface area contributed by atoms with Crippen LogP contribution in [-0.4, -0.2) is 21.9 Å². The van der Waals surface area contributed by atoms with Crippen LogP contribution in [-0.2, 0) is 0 Å². The molecule has 0 spiro atoms. The van der Waals surface area contributed by atoms with Crippen LogP contribution in [0.25, 0.3) is 17.1 Å². The summed E-state index contributed by atoms with van der Waals surface area (Å²) < 4.78 is 20.3. The molecule has 21 heavy (non-hydrogen) atoms. The van der Waals surface area contributed by atoms with Gasteiger partial charge in [0.15, 0.2) is 5.82 Å². The van der Waals surface area contributed by atoms with Crippen molar-refractivity contribution in [1.82, 2.24) is 14.8 Å². The van der Waals surface area contributed by atoms with Gasteiger partial charge in [0.25, 0.3) is 0 Å². The van der Waals surface area contributed by atoms with Gasteiger partial charge in [0.2, 0.25) is 0 Å². The van der Waals surface area contributed by atoms with E-state index in [9.17, 15) is 9.18 Å². The summed E-state index contributed by atoms with van der Waals surface area (Å²) in [6, 6.07) is 13.1. The lowest BCUT2D eigenvalue weighted by atomic mass is 10.2. The number of halogens is 1. The quantitative estimate of drug-likeness (QED) is 0.803.